The van der Waals surface area contributed by atoms with E-state index in [1.165, 1.54) is 4.90 Å². The number of nitrogens with two attached hydrogens (primary N) is 1. The molecule has 0 fully saturated rings. The van der Waals surface area contributed by atoms with Gasteiger partial charge in [-0.3, -0.25) is 10.2 Å². The van der Waals surface area contributed by atoms with Crippen molar-refractivity contribution in [2.24, 2.45) is 5.84 Å². The molecule has 21 heavy (non-hydrogen) atoms. The first-order chi connectivity index (χ1) is 10.2. The number of para-hydroxylation sites is 1. The molecule has 0 radical (unpaired) electrons. The molecule has 0 saturated heterocycles. The van der Waals surface area contributed by atoms with Crippen LogP contribution < -0.4 is 16.2 Å². The highest BCUT2D eigenvalue weighted by atomic mass is 35.5. The van der Waals surface area contributed by atoms with Crippen LogP contribution in [0.15, 0.2) is 52.3 Å². The molecule has 1 amide bonds. The molecule has 1 aliphatic rings. The predicted molar refractivity (Wildman–Crippen MR) is 86.0 cm³/mol. The van der Waals surface area contributed by atoms with Crippen LogP contribution in [-0.4, -0.2) is 12.5 Å². The third-order valence-corrected chi connectivity index (χ3v) is 4.68. The van der Waals surface area contributed by atoms with Gasteiger partial charge < -0.3 is 4.90 Å². The summed E-state index contributed by atoms with van der Waals surface area (Å²) in [5.74, 6) is 4.97. The number of benzene rings is 2. The van der Waals surface area contributed by atoms with Crippen LogP contribution in [0.5, 0.6) is 0 Å². The van der Waals surface area contributed by atoms with Gasteiger partial charge in [0.2, 0.25) is 5.91 Å². The molecule has 0 unspecified atom stereocenters. The number of anilines is 2. The first kappa shape index (κ1) is 14.3. The van der Waals surface area contributed by atoms with Gasteiger partial charge in [-0.25, -0.2) is 5.84 Å². The number of carbonyl (C=O) groups is 1. The van der Waals surface area contributed by atoms with Gasteiger partial charge in [-0.05, 0) is 30.3 Å². The predicted octanol–water partition coefficient (Wildman–Crippen LogP) is 3.32. The quantitative estimate of drug-likeness (QED) is 0.517. The van der Waals surface area contributed by atoms with Crippen LogP contribution in [0.25, 0.3) is 0 Å². The van der Waals surface area contributed by atoms with Gasteiger partial charge in [0.25, 0.3) is 0 Å². The van der Waals surface area contributed by atoms with E-state index in [9.17, 15) is 4.79 Å². The summed E-state index contributed by atoms with van der Waals surface area (Å²) in [6.07, 6.45) is 0.321. The lowest BCUT2D eigenvalue weighted by Crippen LogP contribution is -2.33. The zero-order valence-corrected chi connectivity index (χ0v) is 12.7. The molecular weight excluding hydrogens is 306 g/mol. The van der Waals surface area contributed by atoms with Crippen LogP contribution in [0.4, 0.5) is 11.4 Å². The summed E-state index contributed by atoms with van der Waals surface area (Å²) < 4.78 is 0. The van der Waals surface area contributed by atoms with Gasteiger partial charge >= 0.3 is 0 Å². The van der Waals surface area contributed by atoms with E-state index in [1.807, 2.05) is 36.4 Å². The van der Waals surface area contributed by atoms with Crippen molar-refractivity contribution in [1.29, 1.82) is 0 Å². The summed E-state index contributed by atoms with van der Waals surface area (Å²) in [6, 6.07) is 13.9. The normalized spacial score (nSPS) is 12.6. The first-order valence-electron chi connectivity index (χ1n) is 6.52. The monoisotopic (exact) mass is 319 g/mol. The summed E-state index contributed by atoms with van der Waals surface area (Å²) in [4.78, 5) is 15.9. The molecule has 1 heterocycles. The fourth-order valence-electron chi connectivity index (χ4n) is 2.33. The van der Waals surface area contributed by atoms with Crippen LogP contribution in [0, 0.1) is 0 Å². The van der Waals surface area contributed by atoms with Gasteiger partial charge in [-0.15, -0.1) is 0 Å². The second kappa shape index (κ2) is 5.97. The number of nitrogens with one attached hydrogen (secondary N) is 1. The Hall–Kier alpha value is -1.69. The van der Waals surface area contributed by atoms with Crippen molar-refractivity contribution in [3.63, 3.8) is 0 Å². The van der Waals surface area contributed by atoms with Crippen LogP contribution in [-0.2, 0) is 4.79 Å². The van der Waals surface area contributed by atoms with Gasteiger partial charge in [-0.1, -0.05) is 35.5 Å². The lowest BCUT2D eigenvalue weighted by Gasteiger charge is -2.32. The summed E-state index contributed by atoms with van der Waals surface area (Å²) >= 11 is 7.83. The minimum atomic E-state index is -0.186. The van der Waals surface area contributed by atoms with Gasteiger partial charge in [0.05, 0.1) is 11.4 Å². The van der Waals surface area contributed by atoms with E-state index >= 15 is 0 Å². The van der Waals surface area contributed by atoms with Crippen molar-refractivity contribution >= 4 is 40.6 Å². The standard InChI is InChI=1S/C15H14ClN3OS/c16-10-5-6-14-12(9-10)19(8-7-15(20)18-17)11-3-1-2-4-13(11)21-14/h1-6,9H,7-8,17H2,(H,18,20). The smallest absolute Gasteiger partial charge is 0.235 e. The average Bonchev–Trinajstić information content (AvgIpc) is 2.51. The van der Waals surface area contributed by atoms with Crippen LogP contribution in [0.1, 0.15) is 6.42 Å². The van der Waals surface area contributed by atoms with E-state index in [0.717, 1.165) is 16.3 Å². The fourth-order valence-corrected chi connectivity index (χ4v) is 3.57. The largest absolute Gasteiger partial charge is 0.339 e. The van der Waals surface area contributed by atoms with Crippen LogP contribution >= 0.6 is 23.4 Å². The fraction of sp³-hybridized carbons (Fsp3) is 0.133. The maximum Gasteiger partial charge on any atom is 0.235 e. The highest BCUT2D eigenvalue weighted by Crippen LogP contribution is 2.48. The first-order valence-corrected chi connectivity index (χ1v) is 7.72. The van der Waals surface area contributed by atoms with Crippen molar-refractivity contribution in [3.8, 4) is 0 Å². The van der Waals surface area contributed by atoms with Crippen LogP contribution in [0.3, 0.4) is 0 Å². The minimum Gasteiger partial charge on any atom is -0.339 e. The van der Waals surface area contributed by atoms with Crippen molar-refractivity contribution < 1.29 is 4.79 Å². The number of fused-ring (bicyclic) bond motifs is 2. The Morgan fingerprint density at radius 3 is 2.76 bits per heavy atom. The average molecular weight is 320 g/mol. The molecule has 0 spiro atoms. The van der Waals surface area contributed by atoms with Crippen molar-refractivity contribution in [1.82, 2.24) is 5.43 Å². The minimum absolute atomic E-state index is 0.186. The molecule has 0 saturated carbocycles. The van der Waals surface area contributed by atoms with Gasteiger partial charge in [-0.2, -0.15) is 0 Å². The van der Waals surface area contributed by atoms with Gasteiger partial charge in [0.15, 0.2) is 0 Å². The van der Waals surface area contributed by atoms with Crippen molar-refractivity contribution in [2.45, 2.75) is 16.2 Å². The molecule has 0 aliphatic carbocycles. The van der Waals surface area contributed by atoms with E-state index in [2.05, 4.69) is 16.4 Å². The molecule has 0 atom stereocenters. The molecule has 0 aromatic heterocycles. The molecule has 1 aliphatic heterocycles. The highest BCUT2D eigenvalue weighted by molar-refractivity contribution is 7.99. The molecule has 2 aromatic carbocycles. The Morgan fingerprint density at radius 2 is 1.95 bits per heavy atom. The van der Waals surface area contributed by atoms with Crippen molar-refractivity contribution in [3.05, 3.63) is 47.5 Å². The maximum atomic E-state index is 11.5. The number of amides is 1. The number of nitrogens with zero attached hydrogens (tertiary/aromatic N) is 1. The SMILES string of the molecule is NNC(=O)CCN1c2ccccc2Sc2ccc(Cl)cc21. The van der Waals surface area contributed by atoms with Gasteiger partial charge in [0, 0.05) is 27.8 Å². The highest BCUT2D eigenvalue weighted by Gasteiger charge is 2.23. The molecule has 108 valence electrons. The second-order valence-corrected chi connectivity index (χ2v) is 6.17. The Morgan fingerprint density at radius 1 is 1.19 bits per heavy atom. The second-order valence-electron chi connectivity index (χ2n) is 4.65. The van der Waals surface area contributed by atoms with E-state index in [-0.39, 0.29) is 5.91 Å². The molecule has 2 aromatic rings. The molecular formula is C15H14ClN3OS. The number of rotatable bonds is 3. The third kappa shape index (κ3) is 2.85. The number of halogens is 1. The maximum absolute atomic E-state index is 11.5. The zero-order valence-electron chi connectivity index (χ0n) is 11.2. The van der Waals surface area contributed by atoms with E-state index in [0.29, 0.717) is 18.0 Å². The van der Waals surface area contributed by atoms with Crippen molar-refractivity contribution in [2.75, 3.05) is 11.4 Å². The third-order valence-electron chi connectivity index (χ3n) is 3.31. The summed E-state index contributed by atoms with van der Waals surface area (Å²) in [5.41, 5.74) is 4.28. The molecule has 6 heteroatoms. The van der Waals surface area contributed by atoms with E-state index in [4.69, 9.17) is 17.4 Å². The summed E-state index contributed by atoms with van der Waals surface area (Å²) in [6.45, 7) is 0.550. The lowest BCUT2D eigenvalue weighted by molar-refractivity contribution is -0.120. The number of carbonyl (C=O) groups excluding carboxylic acids is 1. The van der Waals surface area contributed by atoms with E-state index in [1.54, 1.807) is 11.8 Å². The summed E-state index contributed by atoms with van der Waals surface area (Å²) in [5, 5.41) is 0.682. The molecule has 0 bridgehead atoms. The van der Waals surface area contributed by atoms with Crippen LogP contribution in [0.2, 0.25) is 5.02 Å². The lowest BCUT2D eigenvalue weighted by atomic mass is 10.2. The molecule has 3 rings (SSSR count). The Bertz CT molecular complexity index is 692. The Labute approximate surface area is 132 Å². The molecule has 3 N–H and O–H groups in total. The molecule has 4 nitrogen and oxygen atoms in total. The topological polar surface area (TPSA) is 58.4 Å². The Kier molecular flexibility index (Phi) is 4.05. The zero-order chi connectivity index (χ0) is 14.8. The van der Waals surface area contributed by atoms with E-state index < -0.39 is 0 Å². The number of hydrazine groups is 1. The Balaban J connectivity index is 2.00. The number of hydrogen-bond acceptors (Lipinski definition) is 4. The van der Waals surface area contributed by atoms with Gasteiger partial charge in [0.1, 0.15) is 0 Å². The number of hydrogen-bond donors (Lipinski definition) is 2. The summed E-state index contributed by atoms with van der Waals surface area (Å²) in [7, 11) is 0.